The van der Waals surface area contributed by atoms with Gasteiger partial charge in [0, 0.05) is 48.1 Å². The molecule has 0 bridgehead atoms. The number of benzene rings is 1. The zero-order valence-electron chi connectivity index (χ0n) is 20.1. The number of hydrogen-bond acceptors (Lipinski definition) is 7. The molecule has 3 aromatic rings. The third kappa shape index (κ3) is 5.63. The SMILES string of the molecule is COc1cc(-c2ccc3c(c2NC(=O)NSc2cc4c(s2)CCN(CCSC)C4)CCC3)ccn1. The Bertz CT molecular complexity index is 1210. The molecule has 2 aliphatic rings. The Morgan fingerprint density at radius 1 is 1.20 bits per heavy atom. The molecule has 2 N–H and O–H groups in total. The number of fused-ring (bicyclic) bond motifs is 2. The van der Waals surface area contributed by atoms with Crippen molar-refractivity contribution in [1.82, 2.24) is 14.6 Å². The second-order valence-corrected chi connectivity index (χ2v) is 12.0. The number of carbonyl (C=O) groups excluding carboxylic acids is 1. The second-order valence-electron chi connectivity index (χ2n) is 8.76. The topological polar surface area (TPSA) is 66.5 Å². The summed E-state index contributed by atoms with van der Waals surface area (Å²) in [7, 11) is 1.61. The van der Waals surface area contributed by atoms with Crippen molar-refractivity contribution in [2.45, 2.75) is 36.4 Å². The summed E-state index contributed by atoms with van der Waals surface area (Å²) in [6, 6.07) is 10.2. The van der Waals surface area contributed by atoms with Crippen LogP contribution in [-0.4, -0.2) is 48.1 Å². The van der Waals surface area contributed by atoms with Gasteiger partial charge in [-0.2, -0.15) is 11.8 Å². The minimum Gasteiger partial charge on any atom is -0.481 e. The van der Waals surface area contributed by atoms with E-state index < -0.39 is 0 Å². The quantitative estimate of drug-likeness (QED) is 0.359. The number of rotatable bonds is 8. The predicted molar refractivity (Wildman–Crippen MR) is 148 cm³/mol. The van der Waals surface area contributed by atoms with E-state index in [1.807, 2.05) is 23.9 Å². The average molecular weight is 527 g/mol. The van der Waals surface area contributed by atoms with E-state index in [0.717, 1.165) is 66.3 Å². The summed E-state index contributed by atoms with van der Waals surface area (Å²) < 4.78 is 9.47. The predicted octanol–water partition coefficient (Wildman–Crippen LogP) is 5.86. The lowest BCUT2D eigenvalue weighted by atomic mass is 9.98. The summed E-state index contributed by atoms with van der Waals surface area (Å²) in [4.78, 5) is 21.2. The number of pyridine rings is 1. The summed E-state index contributed by atoms with van der Waals surface area (Å²) in [5, 5.41) is 3.17. The van der Waals surface area contributed by atoms with E-state index in [1.165, 1.54) is 39.3 Å². The lowest BCUT2D eigenvalue weighted by Crippen LogP contribution is -2.31. The van der Waals surface area contributed by atoms with Crippen molar-refractivity contribution >= 4 is 46.8 Å². The summed E-state index contributed by atoms with van der Waals surface area (Å²) >= 11 is 5.10. The second kappa shape index (κ2) is 11.2. The van der Waals surface area contributed by atoms with Crippen molar-refractivity contribution in [3.8, 4) is 17.0 Å². The third-order valence-electron chi connectivity index (χ3n) is 6.56. The molecule has 0 spiro atoms. The van der Waals surface area contributed by atoms with Crippen LogP contribution in [0.3, 0.4) is 0 Å². The van der Waals surface area contributed by atoms with Crippen LogP contribution in [0, 0.1) is 0 Å². The molecule has 9 heteroatoms. The number of nitrogens with one attached hydrogen (secondary N) is 2. The number of thiophene rings is 1. The van der Waals surface area contributed by atoms with Crippen LogP contribution in [0.4, 0.5) is 10.5 Å². The van der Waals surface area contributed by atoms with Crippen molar-refractivity contribution in [2.75, 3.05) is 37.5 Å². The van der Waals surface area contributed by atoms with E-state index >= 15 is 0 Å². The number of amides is 2. The zero-order valence-corrected chi connectivity index (χ0v) is 22.5. The fourth-order valence-electron chi connectivity index (χ4n) is 4.80. The van der Waals surface area contributed by atoms with Crippen LogP contribution in [0.5, 0.6) is 5.88 Å². The molecule has 2 aromatic heterocycles. The van der Waals surface area contributed by atoms with Crippen LogP contribution in [0.2, 0.25) is 0 Å². The number of carbonyl (C=O) groups is 1. The molecular weight excluding hydrogens is 497 g/mol. The maximum absolute atomic E-state index is 13.0. The molecule has 0 saturated carbocycles. The monoisotopic (exact) mass is 526 g/mol. The number of aryl methyl sites for hydroxylation is 1. The van der Waals surface area contributed by atoms with Crippen molar-refractivity contribution in [3.63, 3.8) is 0 Å². The molecule has 2 amide bonds. The number of aromatic nitrogens is 1. The smallest absolute Gasteiger partial charge is 0.329 e. The van der Waals surface area contributed by atoms with Gasteiger partial charge in [0.1, 0.15) is 0 Å². The van der Waals surface area contributed by atoms with Gasteiger partial charge in [-0.1, -0.05) is 12.1 Å². The highest BCUT2D eigenvalue weighted by atomic mass is 32.2. The number of nitrogens with zero attached hydrogens (tertiary/aromatic N) is 2. The van der Waals surface area contributed by atoms with Crippen LogP contribution < -0.4 is 14.8 Å². The largest absolute Gasteiger partial charge is 0.481 e. The van der Waals surface area contributed by atoms with Crippen LogP contribution in [0.1, 0.15) is 28.0 Å². The van der Waals surface area contributed by atoms with E-state index in [0.29, 0.717) is 5.88 Å². The van der Waals surface area contributed by atoms with E-state index in [1.54, 1.807) is 24.6 Å². The van der Waals surface area contributed by atoms with E-state index in [4.69, 9.17) is 4.74 Å². The zero-order chi connectivity index (χ0) is 24.2. The number of urea groups is 1. The fraction of sp³-hybridized carbons (Fsp3) is 0.385. The Labute approximate surface area is 219 Å². The number of methoxy groups -OCH3 is 1. The maximum Gasteiger partial charge on any atom is 0.329 e. The number of anilines is 1. The van der Waals surface area contributed by atoms with Gasteiger partial charge in [-0.05, 0) is 78.3 Å². The molecule has 184 valence electrons. The summed E-state index contributed by atoms with van der Waals surface area (Å²) in [6.07, 6.45) is 8.12. The van der Waals surface area contributed by atoms with Crippen molar-refractivity contribution in [1.29, 1.82) is 0 Å². The highest BCUT2D eigenvalue weighted by Crippen LogP contribution is 2.38. The van der Waals surface area contributed by atoms with E-state index in [-0.39, 0.29) is 6.03 Å². The van der Waals surface area contributed by atoms with Gasteiger partial charge in [-0.25, -0.2) is 9.78 Å². The normalized spacial score (nSPS) is 14.9. The third-order valence-corrected chi connectivity index (χ3v) is 9.28. The Morgan fingerprint density at radius 2 is 2.11 bits per heavy atom. The molecule has 6 nitrogen and oxygen atoms in total. The Hall–Kier alpha value is -2.20. The summed E-state index contributed by atoms with van der Waals surface area (Å²) in [6.45, 7) is 3.26. The minimum absolute atomic E-state index is 0.203. The Kier molecular flexibility index (Phi) is 7.87. The molecule has 1 aromatic carbocycles. The summed E-state index contributed by atoms with van der Waals surface area (Å²) in [5.74, 6) is 1.72. The van der Waals surface area contributed by atoms with Gasteiger partial charge in [0.25, 0.3) is 0 Å². The average Bonchev–Trinajstić information content (AvgIpc) is 3.53. The first-order chi connectivity index (χ1) is 17.1. The van der Waals surface area contributed by atoms with Gasteiger partial charge in [0.05, 0.1) is 17.0 Å². The lowest BCUT2D eigenvalue weighted by Gasteiger charge is -2.26. The van der Waals surface area contributed by atoms with Crippen LogP contribution in [0.15, 0.2) is 40.7 Å². The number of hydrogen-bond donors (Lipinski definition) is 2. The number of thioether (sulfide) groups is 1. The highest BCUT2D eigenvalue weighted by molar-refractivity contribution is 7.99. The minimum atomic E-state index is -0.203. The van der Waals surface area contributed by atoms with E-state index in [2.05, 4.69) is 44.4 Å². The molecular formula is C26H30N4O2S3. The Balaban J connectivity index is 1.29. The van der Waals surface area contributed by atoms with Crippen LogP contribution in [-0.2, 0) is 25.8 Å². The molecule has 1 aliphatic heterocycles. The van der Waals surface area contributed by atoms with Gasteiger partial charge in [0.15, 0.2) is 0 Å². The fourth-order valence-corrected chi connectivity index (χ4v) is 7.17. The first-order valence-corrected chi connectivity index (χ1v) is 14.9. The van der Waals surface area contributed by atoms with Gasteiger partial charge in [-0.3, -0.25) is 9.62 Å². The first kappa shape index (κ1) is 24.5. The van der Waals surface area contributed by atoms with Gasteiger partial charge in [-0.15, -0.1) is 11.3 Å². The molecule has 0 fully saturated rings. The number of ether oxygens (including phenoxy) is 1. The molecule has 0 atom stereocenters. The van der Waals surface area contributed by atoms with Gasteiger partial charge in [0.2, 0.25) is 5.88 Å². The van der Waals surface area contributed by atoms with Crippen molar-refractivity contribution in [3.05, 3.63) is 58.1 Å². The van der Waals surface area contributed by atoms with Gasteiger partial charge >= 0.3 is 6.03 Å². The van der Waals surface area contributed by atoms with Gasteiger partial charge < -0.3 is 10.1 Å². The molecule has 3 heterocycles. The van der Waals surface area contributed by atoms with Crippen LogP contribution >= 0.6 is 35.0 Å². The van der Waals surface area contributed by atoms with E-state index in [9.17, 15) is 4.79 Å². The highest BCUT2D eigenvalue weighted by Gasteiger charge is 2.22. The molecule has 5 rings (SSSR count). The first-order valence-electron chi connectivity index (χ1n) is 11.9. The van der Waals surface area contributed by atoms with Crippen molar-refractivity contribution < 1.29 is 9.53 Å². The van der Waals surface area contributed by atoms with Crippen LogP contribution in [0.25, 0.3) is 11.1 Å². The summed E-state index contributed by atoms with van der Waals surface area (Å²) in [5.41, 5.74) is 6.81. The molecule has 0 unspecified atom stereocenters. The lowest BCUT2D eigenvalue weighted by molar-refractivity contribution is 0.257. The Morgan fingerprint density at radius 3 is 2.97 bits per heavy atom. The standard InChI is InChI=1S/C26H30N4O2S3/c1-32-23-14-18(8-10-27-23)21-7-6-17-4-3-5-20(17)25(21)28-26(31)29-35-24-15-19-16-30(12-13-33-2)11-9-22(19)34-24/h6-8,10,14-15H,3-5,9,11-13,16H2,1-2H3,(H2,28,29,31). The van der Waals surface area contributed by atoms with Crippen molar-refractivity contribution in [2.24, 2.45) is 0 Å². The molecule has 35 heavy (non-hydrogen) atoms. The molecule has 1 aliphatic carbocycles. The molecule has 0 radical (unpaired) electrons. The maximum atomic E-state index is 13.0. The molecule has 0 saturated heterocycles.